The molecular formula is C45H43F3N2O2. The van der Waals surface area contributed by atoms with E-state index in [4.69, 9.17) is 0 Å². The van der Waals surface area contributed by atoms with Gasteiger partial charge in [-0.2, -0.15) is 13.2 Å². The number of nitrogens with zero attached hydrogens (tertiary/aromatic N) is 2. The van der Waals surface area contributed by atoms with Gasteiger partial charge in [0.25, 0.3) is 0 Å². The van der Waals surface area contributed by atoms with Crippen LogP contribution in [0.15, 0.2) is 109 Å². The molecule has 52 heavy (non-hydrogen) atoms. The molecule has 0 saturated carbocycles. The van der Waals surface area contributed by atoms with Crippen LogP contribution in [-0.4, -0.2) is 24.9 Å². The van der Waals surface area contributed by atoms with Crippen molar-refractivity contribution in [3.63, 3.8) is 0 Å². The van der Waals surface area contributed by atoms with Crippen LogP contribution in [0.5, 0.6) is 0 Å². The van der Waals surface area contributed by atoms with Gasteiger partial charge in [0.15, 0.2) is 0 Å². The molecule has 5 aromatic carbocycles. The summed E-state index contributed by atoms with van der Waals surface area (Å²) in [5, 5.41) is 0. The lowest BCUT2D eigenvalue weighted by Gasteiger charge is -2.27. The van der Waals surface area contributed by atoms with E-state index in [1.807, 2.05) is 84.9 Å². The van der Waals surface area contributed by atoms with Gasteiger partial charge in [-0.15, -0.1) is 0 Å². The normalized spacial score (nSPS) is 15.7. The Morgan fingerprint density at radius 1 is 0.519 bits per heavy atom. The summed E-state index contributed by atoms with van der Waals surface area (Å²) in [5.41, 5.74) is 7.57. The molecule has 2 heterocycles. The number of halogens is 3. The Balaban J connectivity index is 1.39. The molecule has 5 aromatic rings. The number of carbonyl (C=O) groups excluding carboxylic acids is 2. The third kappa shape index (κ3) is 7.14. The van der Waals surface area contributed by atoms with Crippen LogP contribution >= 0.6 is 0 Å². The number of alkyl halides is 3. The van der Waals surface area contributed by atoms with Crippen LogP contribution in [0.25, 0.3) is 44.5 Å². The predicted molar refractivity (Wildman–Crippen MR) is 204 cm³/mol. The van der Waals surface area contributed by atoms with E-state index in [0.29, 0.717) is 53.7 Å². The van der Waals surface area contributed by atoms with E-state index in [1.165, 1.54) is 17.7 Å². The second kappa shape index (κ2) is 14.1. The number of anilines is 2. The molecule has 0 aromatic heterocycles. The first-order valence-electron chi connectivity index (χ1n) is 18.2. The Morgan fingerprint density at radius 2 is 0.942 bits per heavy atom. The zero-order valence-corrected chi connectivity index (χ0v) is 29.9. The smallest absolute Gasteiger partial charge is 0.312 e. The van der Waals surface area contributed by atoms with Gasteiger partial charge in [-0.05, 0) is 118 Å². The third-order valence-electron chi connectivity index (χ3n) is 10.3. The summed E-state index contributed by atoms with van der Waals surface area (Å²) in [6, 6.07) is 33.5. The molecule has 2 amide bonds. The van der Waals surface area contributed by atoms with Crippen molar-refractivity contribution in [3.8, 4) is 44.5 Å². The summed E-state index contributed by atoms with van der Waals surface area (Å²) in [6.45, 7) is 7.79. The minimum Gasteiger partial charge on any atom is -0.312 e. The van der Waals surface area contributed by atoms with Crippen molar-refractivity contribution in [2.24, 2.45) is 0 Å². The van der Waals surface area contributed by atoms with Gasteiger partial charge in [-0.25, -0.2) is 0 Å². The van der Waals surface area contributed by atoms with E-state index >= 15 is 0 Å². The predicted octanol–water partition coefficient (Wildman–Crippen LogP) is 11.7. The molecule has 4 nitrogen and oxygen atoms in total. The highest BCUT2D eigenvalue weighted by Crippen LogP contribution is 2.46. The maximum absolute atomic E-state index is 14.7. The van der Waals surface area contributed by atoms with Crippen molar-refractivity contribution in [1.82, 2.24) is 0 Å². The van der Waals surface area contributed by atoms with E-state index in [1.54, 1.807) is 9.80 Å². The first kappa shape index (κ1) is 35.2. The van der Waals surface area contributed by atoms with Crippen molar-refractivity contribution in [1.29, 1.82) is 0 Å². The minimum atomic E-state index is -4.59. The summed E-state index contributed by atoms with van der Waals surface area (Å²) in [5.74, 6) is 0.118. The molecule has 0 N–H and O–H groups in total. The van der Waals surface area contributed by atoms with E-state index in [-0.39, 0.29) is 17.2 Å². The molecule has 0 aliphatic carbocycles. The first-order chi connectivity index (χ1) is 24.9. The molecule has 2 aliphatic rings. The maximum Gasteiger partial charge on any atom is 0.416 e. The van der Waals surface area contributed by atoms with Crippen molar-refractivity contribution in [2.75, 3.05) is 22.9 Å². The van der Waals surface area contributed by atoms with Crippen LogP contribution in [0.1, 0.15) is 70.4 Å². The molecule has 0 radical (unpaired) electrons. The Morgan fingerprint density at radius 3 is 1.38 bits per heavy atom. The average molecular weight is 701 g/mol. The number of rotatable bonds is 6. The van der Waals surface area contributed by atoms with Gasteiger partial charge in [-0.3, -0.25) is 9.59 Å². The third-order valence-corrected chi connectivity index (χ3v) is 10.3. The van der Waals surface area contributed by atoms with Gasteiger partial charge >= 0.3 is 6.18 Å². The summed E-state index contributed by atoms with van der Waals surface area (Å²) >= 11 is 0. The monoisotopic (exact) mass is 700 g/mol. The van der Waals surface area contributed by atoms with Crippen molar-refractivity contribution < 1.29 is 22.8 Å². The molecule has 7 rings (SSSR count). The van der Waals surface area contributed by atoms with Crippen LogP contribution < -0.4 is 9.80 Å². The van der Waals surface area contributed by atoms with Crippen LogP contribution in [0.2, 0.25) is 0 Å². The van der Waals surface area contributed by atoms with E-state index < -0.39 is 11.7 Å². The van der Waals surface area contributed by atoms with Crippen molar-refractivity contribution >= 4 is 23.2 Å². The Bertz CT molecular complexity index is 2000. The first-order valence-corrected chi connectivity index (χ1v) is 18.2. The van der Waals surface area contributed by atoms with Gasteiger partial charge in [0.05, 0.1) is 5.56 Å². The lowest BCUT2D eigenvalue weighted by molar-refractivity contribution is -0.137. The quantitative estimate of drug-likeness (QED) is 0.177. The Hall–Kier alpha value is -5.17. The van der Waals surface area contributed by atoms with E-state index in [0.717, 1.165) is 53.7 Å². The number of piperidine rings is 2. The maximum atomic E-state index is 14.7. The summed E-state index contributed by atoms with van der Waals surface area (Å²) in [7, 11) is 0. The fourth-order valence-corrected chi connectivity index (χ4v) is 7.58. The molecule has 266 valence electrons. The zero-order valence-electron chi connectivity index (χ0n) is 29.9. The summed E-state index contributed by atoms with van der Waals surface area (Å²) in [4.78, 5) is 28.9. The number of carbonyl (C=O) groups is 2. The number of hydrogen-bond donors (Lipinski definition) is 0. The largest absolute Gasteiger partial charge is 0.416 e. The molecule has 2 fully saturated rings. The van der Waals surface area contributed by atoms with Crippen LogP contribution in [-0.2, 0) is 21.2 Å². The Kier molecular flexibility index (Phi) is 9.55. The fraction of sp³-hybridized carbons (Fsp3) is 0.289. The SMILES string of the molecule is CC(C)(C)c1ccccc1-c1ccc(-c2c(-c3ccc(N4CCCCC4=O)cc3)cc(C(F)(F)F)cc2-c2ccc(N3CCCCC3=O)cc2)cc1. The molecule has 0 spiro atoms. The average Bonchev–Trinajstić information content (AvgIpc) is 3.14. The molecule has 0 atom stereocenters. The van der Waals surface area contributed by atoms with E-state index in [9.17, 15) is 22.8 Å². The minimum absolute atomic E-state index is 0.0591. The second-order valence-corrected chi connectivity index (χ2v) is 14.9. The fourth-order valence-electron chi connectivity index (χ4n) is 7.58. The summed E-state index contributed by atoms with van der Waals surface area (Å²) < 4.78 is 44.1. The lowest BCUT2D eigenvalue weighted by Crippen LogP contribution is -2.35. The highest BCUT2D eigenvalue weighted by Gasteiger charge is 2.33. The topological polar surface area (TPSA) is 40.6 Å². The van der Waals surface area contributed by atoms with Crippen LogP contribution in [0, 0.1) is 0 Å². The summed E-state index contributed by atoms with van der Waals surface area (Å²) in [6.07, 6.45) is -0.0684. The van der Waals surface area contributed by atoms with Crippen LogP contribution in [0.3, 0.4) is 0 Å². The number of benzene rings is 5. The lowest BCUT2D eigenvalue weighted by atomic mass is 9.81. The molecule has 2 aliphatic heterocycles. The zero-order chi connectivity index (χ0) is 36.6. The highest BCUT2D eigenvalue weighted by atomic mass is 19.4. The van der Waals surface area contributed by atoms with Crippen molar-refractivity contribution in [3.05, 3.63) is 120 Å². The van der Waals surface area contributed by atoms with Gasteiger partial charge < -0.3 is 9.80 Å². The molecule has 2 saturated heterocycles. The van der Waals surface area contributed by atoms with Gasteiger partial charge in [0.2, 0.25) is 11.8 Å². The Labute approximate surface area is 303 Å². The van der Waals surface area contributed by atoms with Gasteiger partial charge in [0, 0.05) is 37.3 Å². The van der Waals surface area contributed by atoms with Crippen molar-refractivity contribution in [2.45, 2.75) is 70.9 Å². The van der Waals surface area contributed by atoms with E-state index in [2.05, 4.69) is 32.9 Å². The number of hydrogen-bond acceptors (Lipinski definition) is 2. The molecule has 0 unspecified atom stereocenters. The van der Waals surface area contributed by atoms with Gasteiger partial charge in [-0.1, -0.05) is 93.6 Å². The molecule has 0 bridgehead atoms. The molecular weight excluding hydrogens is 658 g/mol. The van der Waals surface area contributed by atoms with Crippen LogP contribution in [0.4, 0.5) is 24.5 Å². The molecule has 7 heteroatoms. The van der Waals surface area contributed by atoms with Gasteiger partial charge in [0.1, 0.15) is 0 Å². The highest BCUT2D eigenvalue weighted by molar-refractivity contribution is 5.98. The standard InChI is InChI=1S/C45H43F3N2O2/c1-44(2,3)40-11-5-4-10-37(40)30-14-16-33(17-15-30)43-38(31-18-22-35(23-19-31)49-26-8-6-12-41(49)51)28-34(45(46,47)48)29-39(43)32-20-24-36(25-21-32)50-27-9-7-13-42(50)52/h4-5,10-11,14-25,28-29H,6-9,12-13,26-27H2,1-3H3. The number of amides is 2. The second-order valence-electron chi connectivity index (χ2n) is 14.9.